The summed E-state index contributed by atoms with van der Waals surface area (Å²) in [6.07, 6.45) is -0.969. The smallest absolute Gasteiger partial charge is 0.346 e. The van der Waals surface area contributed by atoms with E-state index in [0.29, 0.717) is 16.2 Å². The van der Waals surface area contributed by atoms with Crippen LogP contribution in [0.15, 0.2) is 51.7 Å². The van der Waals surface area contributed by atoms with Crippen molar-refractivity contribution in [3.05, 3.63) is 63.3 Å². The van der Waals surface area contributed by atoms with Gasteiger partial charge < -0.3 is 13.9 Å². The first-order chi connectivity index (χ1) is 12.4. The molecule has 0 aliphatic rings. The van der Waals surface area contributed by atoms with Crippen molar-refractivity contribution in [1.82, 2.24) is 0 Å². The summed E-state index contributed by atoms with van der Waals surface area (Å²) in [6.45, 7) is 3.46. The Hall–Kier alpha value is -2.79. The molecule has 0 aliphatic heterocycles. The van der Waals surface area contributed by atoms with Crippen molar-refractivity contribution in [3.63, 3.8) is 0 Å². The van der Waals surface area contributed by atoms with Gasteiger partial charge in [-0.15, -0.1) is 0 Å². The fourth-order valence-corrected chi connectivity index (χ4v) is 2.72. The molecule has 1 aromatic heterocycles. The number of hydrogen-bond acceptors (Lipinski definition) is 5. The van der Waals surface area contributed by atoms with Crippen LogP contribution in [0.1, 0.15) is 12.5 Å². The summed E-state index contributed by atoms with van der Waals surface area (Å²) >= 11 is 6.00. The predicted octanol–water partition coefficient (Wildman–Crippen LogP) is 4.36. The first kappa shape index (κ1) is 18.0. The molecule has 1 atom stereocenters. The average molecular weight is 373 g/mol. The van der Waals surface area contributed by atoms with Gasteiger partial charge in [0.05, 0.1) is 12.5 Å². The monoisotopic (exact) mass is 372 g/mol. The molecule has 3 rings (SSSR count). The number of carbonyl (C=O) groups is 1. The molecular formula is C20H17ClO5. The fraction of sp³-hybridized carbons (Fsp3) is 0.200. The molecule has 0 radical (unpaired) electrons. The Kier molecular flexibility index (Phi) is 5.00. The summed E-state index contributed by atoms with van der Waals surface area (Å²) in [4.78, 5) is 24.7. The van der Waals surface area contributed by atoms with Crippen molar-refractivity contribution in [2.24, 2.45) is 0 Å². The summed E-state index contributed by atoms with van der Waals surface area (Å²) in [7, 11) is 1.26. The van der Waals surface area contributed by atoms with E-state index in [1.54, 1.807) is 12.1 Å². The highest BCUT2D eigenvalue weighted by Crippen LogP contribution is 2.32. The maximum atomic E-state index is 13.0. The minimum atomic E-state index is -0.969. The Balaban J connectivity index is 2.25. The number of hydrogen-bond donors (Lipinski definition) is 0. The van der Waals surface area contributed by atoms with E-state index in [0.717, 1.165) is 5.56 Å². The van der Waals surface area contributed by atoms with E-state index in [2.05, 4.69) is 4.74 Å². The Labute approximate surface area is 155 Å². The summed E-state index contributed by atoms with van der Waals surface area (Å²) in [5.74, 6) is -0.396. The van der Waals surface area contributed by atoms with Gasteiger partial charge in [-0.25, -0.2) is 4.79 Å². The first-order valence-electron chi connectivity index (χ1n) is 7.98. The lowest BCUT2D eigenvalue weighted by molar-refractivity contribution is -0.147. The van der Waals surface area contributed by atoms with Crippen LogP contribution in [0.25, 0.3) is 22.3 Å². The number of esters is 1. The number of carbonyl (C=O) groups excluding carboxylic acids is 1. The van der Waals surface area contributed by atoms with E-state index in [1.807, 2.05) is 31.2 Å². The Bertz CT molecular complexity index is 1020. The third kappa shape index (κ3) is 3.44. The molecule has 0 saturated carbocycles. The molecule has 0 aliphatic carbocycles. The van der Waals surface area contributed by atoms with Crippen LogP contribution in [0.2, 0.25) is 5.02 Å². The van der Waals surface area contributed by atoms with Crippen LogP contribution in [-0.4, -0.2) is 19.2 Å². The van der Waals surface area contributed by atoms with Crippen LogP contribution in [0.5, 0.6) is 5.75 Å². The van der Waals surface area contributed by atoms with Gasteiger partial charge in [-0.2, -0.15) is 0 Å². The van der Waals surface area contributed by atoms with Gasteiger partial charge in [0, 0.05) is 10.6 Å². The highest BCUT2D eigenvalue weighted by Gasteiger charge is 2.23. The lowest BCUT2D eigenvalue weighted by atomic mass is 10.1. The third-order valence-electron chi connectivity index (χ3n) is 3.95. The molecule has 0 spiro atoms. The number of halogens is 1. The van der Waals surface area contributed by atoms with E-state index in [1.165, 1.54) is 20.1 Å². The number of ether oxygens (including phenoxy) is 2. The number of aryl methyl sites for hydroxylation is 1. The zero-order valence-electron chi connectivity index (χ0n) is 14.5. The molecule has 3 aromatic rings. The van der Waals surface area contributed by atoms with Crippen LogP contribution < -0.4 is 10.2 Å². The Morgan fingerprint density at radius 2 is 1.85 bits per heavy atom. The van der Waals surface area contributed by atoms with Crippen LogP contribution in [0.3, 0.4) is 0 Å². The number of rotatable bonds is 4. The molecule has 2 aromatic carbocycles. The second-order valence-corrected chi connectivity index (χ2v) is 6.32. The lowest BCUT2D eigenvalue weighted by Gasteiger charge is -2.15. The van der Waals surface area contributed by atoms with Gasteiger partial charge in [0.25, 0.3) is 0 Å². The molecule has 0 N–H and O–H groups in total. The van der Waals surface area contributed by atoms with Gasteiger partial charge in [0.1, 0.15) is 5.58 Å². The van der Waals surface area contributed by atoms with Crippen molar-refractivity contribution in [3.8, 4) is 17.1 Å². The van der Waals surface area contributed by atoms with Crippen LogP contribution in [0, 0.1) is 6.92 Å². The van der Waals surface area contributed by atoms with Crippen molar-refractivity contribution in [2.75, 3.05) is 7.11 Å². The molecule has 6 heteroatoms. The summed E-state index contributed by atoms with van der Waals surface area (Å²) < 4.78 is 16.2. The maximum Gasteiger partial charge on any atom is 0.346 e. The third-order valence-corrected chi connectivity index (χ3v) is 4.19. The molecule has 0 bridgehead atoms. The lowest BCUT2D eigenvalue weighted by Crippen LogP contribution is -2.27. The van der Waals surface area contributed by atoms with Crippen molar-refractivity contribution < 1.29 is 18.7 Å². The molecule has 0 amide bonds. The second-order valence-electron chi connectivity index (χ2n) is 5.88. The van der Waals surface area contributed by atoms with Crippen LogP contribution >= 0.6 is 11.6 Å². The minimum absolute atomic E-state index is 0.0541. The van der Waals surface area contributed by atoms with Gasteiger partial charge >= 0.3 is 5.97 Å². The van der Waals surface area contributed by atoms with Crippen LogP contribution in [0.4, 0.5) is 0 Å². The molecule has 0 saturated heterocycles. The summed E-state index contributed by atoms with van der Waals surface area (Å²) in [5.41, 5.74) is 1.71. The standard InChI is InChI=1S/C20H17ClO5/c1-11-4-6-13(7-5-11)18-19(25-12(2)20(23)24-3)17(22)15-10-14(21)8-9-16(15)26-18/h4-10,12H,1-3H3. The van der Waals surface area contributed by atoms with E-state index in [4.69, 9.17) is 20.8 Å². The fourth-order valence-electron chi connectivity index (χ4n) is 2.54. The number of benzene rings is 2. The SMILES string of the molecule is COC(=O)C(C)Oc1c(-c2ccc(C)cc2)oc2ccc(Cl)cc2c1=O. The maximum absolute atomic E-state index is 13.0. The Morgan fingerprint density at radius 3 is 2.50 bits per heavy atom. The highest BCUT2D eigenvalue weighted by molar-refractivity contribution is 6.31. The second kappa shape index (κ2) is 7.22. The van der Waals surface area contributed by atoms with Gasteiger partial charge in [-0.05, 0) is 32.0 Å². The number of fused-ring (bicyclic) bond motifs is 1. The molecule has 1 unspecified atom stereocenters. The zero-order chi connectivity index (χ0) is 18.8. The molecule has 26 heavy (non-hydrogen) atoms. The molecule has 5 nitrogen and oxygen atoms in total. The minimum Gasteiger partial charge on any atom is -0.471 e. The molecular weight excluding hydrogens is 356 g/mol. The van der Waals surface area contributed by atoms with Crippen molar-refractivity contribution in [2.45, 2.75) is 20.0 Å². The van der Waals surface area contributed by atoms with E-state index in [-0.39, 0.29) is 16.9 Å². The van der Waals surface area contributed by atoms with E-state index >= 15 is 0 Å². The molecule has 1 heterocycles. The summed E-state index contributed by atoms with van der Waals surface area (Å²) in [6, 6.07) is 12.2. The quantitative estimate of drug-likeness (QED) is 0.636. The first-order valence-corrected chi connectivity index (χ1v) is 8.36. The molecule has 134 valence electrons. The highest BCUT2D eigenvalue weighted by atomic mass is 35.5. The van der Waals surface area contributed by atoms with Gasteiger partial charge in [0.15, 0.2) is 11.9 Å². The van der Waals surface area contributed by atoms with E-state index < -0.39 is 17.5 Å². The van der Waals surface area contributed by atoms with Crippen molar-refractivity contribution in [1.29, 1.82) is 0 Å². The van der Waals surface area contributed by atoms with Gasteiger partial charge in [0.2, 0.25) is 11.2 Å². The van der Waals surface area contributed by atoms with Gasteiger partial charge in [-0.3, -0.25) is 4.79 Å². The van der Waals surface area contributed by atoms with Crippen LogP contribution in [-0.2, 0) is 9.53 Å². The Morgan fingerprint density at radius 1 is 1.15 bits per heavy atom. The van der Waals surface area contributed by atoms with Gasteiger partial charge in [-0.1, -0.05) is 41.4 Å². The number of methoxy groups -OCH3 is 1. The normalized spacial score (nSPS) is 12.0. The average Bonchev–Trinajstić information content (AvgIpc) is 2.64. The van der Waals surface area contributed by atoms with E-state index in [9.17, 15) is 9.59 Å². The zero-order valence-corrected chi connectivity index (χ0v) is 15.3. The van der Waals surface area contributed by atoms with Crippen molar-refractivity contribution >= 4 is 28.5 Å². The topological polar surface area (TPSA) is 65.7 Å². The predicted molar refractivity (Wildman–Crippen MR) is 99.8 cm³/mol. The summed E-state index contributed by atoms with van der Waals surface area (Å²) in [5, 5.41) is 0.681. The largest absolute Gasteiger partial charge is 0.471 e. The molecule has 0 fully saturated rings.